The van der Waals surface area contributed by atoms with Crippen LogP contribution < -0.4 is 15.8 Å². The number of para-hydroxylation sites is 1. The molecule has 3 N–H and O–H groups in total. The normalized spacial score (nSPS) is 11.7. The van der Waals surface area contributed by atoms with Gasteiger partial charge >= 0.3 is 0 Å². The summed E-state index contributed by atoms with van der Waals surface area (Å²) in [6.45, 7) is 7.40. The highest BCUT2D eigenvalue weighted by molar-refractivity contribution is 5.85. The number of hydrogen-bond donors (Lipinski definition) is 2. The number of hydrogen-bond acceptors (Lipinski definition) is 3. The van der Waals surface area contributed by atoms with Gasteiger partial charge in [-0.3, -0.25) is 4.79 Å². The van der Waals surface area contributed by atoms with Crippen molar-refractivity contribution in [2.75, 3.05) is 19.7 Å². The van der Waals surface area contributed by atoms with Crippen LogP contribution in [0.15, 0.2) is 24.3 Å². The minimum Gasteiger partial charge on any atom is -0.491 e. The van der Waals surface area contributed by atoms with Crippen LogP contribution in [0.2, 0.25) is 0 Å². The molecule has 1 aromatic carbocycles. The monoisotopic (exact) mass is 300 g/mol. The zero-order chi connectivity index (χ0) is 14.3. The first-order valence-corrected chi connectivity index (χ1v) is 6.75. The third-order valence-corrected chi connectivity index (χ3v) is 3.00. The van der Waals surface area contributed by atoms with Crippen molar-refractivity contribution in [3.05, 3.63) is 29.8 Å². The van der Waals surface area contributed by atoms with Crippen LogP contribution in [0.3, 0.4) is 0 Å². The van der Waals surface area contributed by atoms with E-state index >= 15 is 0 Å². The van der Waals surface area contributed by atoms with Crippen molar-refractivity contribution in [1.82, 2.24) is 5.32 Å². The van der Waals surface area contributed by atoms with E-state index in [1.165, 1.54) is 5.56 Å². The minimum atomic E-state index is -0.150. The maximum atomic E-state index is 11.5. The molecular formula is C15H25ClN2O2. The molecule has 1 aromatic rings. The average molecular weight is 301 g/mol. The number of nitrogens with one attached hydrogen (secondary N) is 1. The molecule has 5 heteroatoms. The molecule has 20 heavy (non-hydrogen) atoms. The molecule has 1 unspecified atom stereocenters. The minimum absolute atomic E-state index is 0. The summed E-state index contributed by atoms with van der Waals surface area (Å²) < 4.78 is 5.72. The molecule has 1 rings (SSSR count). The number of rotatable bonds is 7. The molecule has 0 aliphatic rings. The van der Waals surface area contributed by atoms with Crippen molar-refractivity contribution in [2.24, 2.45) is 11.7 Å². The van der Waals surface area contributed by atoms with Gasteiger partial charge in [-0.25, -0.2) is 0 Å². The maximum Gasteiger partial charge on any atom is 0.224 e. The quantitative estimate of drug-likeness (QED) is 0.760. The van der Waals surface area contributed by atoms with E-state index in [-0.39, 0.29) is 24.2 Å². The third kappa shape index (κ3) is 5.80. The fourth-order valence-corrected chi connectivity index (χ4v) is 1.71. The van der Waals surface area contributed by atoms with Gasteiger partial charge in [-0.15, -0.1) is 12.4 Å². The summed E-state index contributed by atoms with van der Waals surface area (Å²) in [7, 11) is 0. The van der Waals surface area contributed by atoms with Gasteiger partial charge in [0.1, 0.15) is 12.4 Å². The number of carbonyl (C=O) groups excluding carboxylic acids is 1. The number of halogens is 1. The lowest BCUT2D eigenvalue weighted by Crippen LogP contribution is -2.35. The molecule has 0 bridgehead atoms. The Morgan fingerprint density at radius 2 is 1.95 bits per heavy atom. The van der Waals surface area contributed by atoms with Crippen LogP contribution in [0.1, 0.15) is 32.3 Å². The van der Waals surface area contributed by atoms with Crippen molar-refractivity contribution in [2.45, 2.75) is 26.7 Å². The highest BCUT2D eigenvalue weighted by Gasteiger charge is 2.10. The van der Waals surface area contributed by atoms with Crippen LogP contribution in [-0.4, -0.2) is 25.6 Å². The molecule has 0 saturated carbocycles. The Hall–Kier alpha value is -1.26. The van der Waals surface area contributed by atoms with Crippen LogP contribution in [0.5, 0.6) is 5.75 Å². The number of carbonyl (C=O) groups is 1. The van der Waals surface area contributed by atoms with E-state index in [0.717, 1.165) is 5.75 Å². The Labute approximate surface area is 127 Å². The second kappa shape index (κ2) is 9.61. The predicted molar refractivity (Wildman–Crippen MR) is 84.5 cm³/mol. The Bertz CT molecular complexity index is 411. The summed E-state index contributed by atoms with van der Waals surface area (Å²) in [5.74, 6) is 1.13. The summed E-state index contributed by atoms with van der Waals surface area (Å²) in [5.41, 5.74) is 6.61. The van der Waals surface area contributed by atoms with E-state index in [1.54, 1.807) is 0 Å². The summed E-state index contributed by atoms with van der Waals surface area (Å²) in [4.78, 5) is 11.5. The number of ether oxygens (including phenoxy) is 1. The zero-order valence-corrected chi connectivity index (χ0v) is 13.2. The summed E-state index contributed by atoms with van der Waals surface area (Å²) in [5, 5.41) is 2.81. The molecule has 0 heterocycles. The van der Waals surface area contributed by atoms with Crippen LogP contribution in [0, 0.1) is 5.92 Å². The maximum absolute atomic E-state index is 11.5. The van der Waals surface area contributed by atoms with Gasteiger partial charge in [0.25, 0.3) is 0 Å². The number of amides is 1. The van der Waals surface area contributed by atoms with Crippen molar-refractivity contribution in [3.8, 4) is 5.75 Å². The summed E-state index contributed by atoms with van der Waals surface area (Å²) >= 11 is 0. The van der Waals surface area contributed by atoms with Crippen LogP contribution in [-0.2, 0) is 4.79 Å². The molecular weight excluding hydrogens is 276 g/mol. The molecule has 4 nitrogen and oxygen atoms in total. The number of benzene rings is 1. The molecule has 1 amide bonds. The second-order valence-electron chi connectivity index (χ2n) is 4.97. The average Bonchev–Trinajstić information content (AvgIpc) is 2.42. The standard InChI is InChI=1S/C15H24N2O2.ClH/c1-11(2)13-6-4-5-7-14(13)19-9-8-17-15(18)12(3)10-16;/h4-7,11-12H,8-10,16H2,1-3H3,(H,17,18);1H. The first kappa shape index (κ1) is 18.7. The Morgan fingerprint density at radius 1 is 1.30 bits per heavy atom. The first-order chi connectivity index (χ1) is 9.06. The number of nitrogens with two attached hydrogens (primary N) is 1. The second-order valence-corrected chi connectivity index (χ2v) is 4.97. The fourth-order valence-electron chi connectivity index (χ4n) is 1.71. The van der Waals surface area contributed by atoms with E-state index < -0.39 is 0 Å². The van der Waals surface area contributed by atoms with Crippen LogP contribution in [0.25, 0.3) is 0 Å². The van der Waals surface area contributed by atoms with Gasteiger partial charge in [0.2, 0.25) is 5.91 Å². The lowest BCUT2D eigenvalue weighted by molar-refractivity contribution is -0.124. The third-order valence-electron chi connectivity index (χ3n) is 3.00. The van der Waals surface area contributed by atoms with Gasteiger partial charge in [0, 0.05) is 12.5 Å². The van der Waals surface area contributed by atoms with Gasteiger partial charge in [-0.2, -0.15) is 0 Å². The molecule has 114 valence electrons. The SMILES string of the molecule is CC(CN)C(=O)NCCOc1ccccc1C(C)C.Cl. The lowest BCUT2D eigenvalue weighted by atomic mass is 10.0. The van der Waals surface area contributed by atoms with Crippen molar-refractivity contribution >= 4 is 18.3 Å². The van der Waals surface area contributed by atoms with Crippen LogP contribution in [0.4, 0.5) is 0 Å². The van der Waals surface area contributed by atoms with E-state index in [0.29, 0.717) is 25.6 Å². The largest absolute Gasteiger partial charge is 0.491 e. The molecule has 1 atom stereocenters. The van der Waals surface area contributed by atoms with Gasteiger partial charge in [0.15, 0.2) is 0 Å². The lowest BCUT2D eigenvalue weighted by Gasteiger charge is -2.14. The molecule has 0 spiro atoms. The molecule has 0 fully saturated rings. The molecule has 0 saturated heterocycles. The van der Waals surface area contributed by atoms with E-state index in [1.807, 2.05) is 25.1 Å². The topological polar surface area (TPSA) is 64.4 Å². The Balaban J connectivity index is 0.00000361. The van der Waals surface area contributed by atoms with Gasteiger partial charge < -0.3 is 15.8 Å². The fraction of sp³-hybridized carbons (Fsp3) is 0.533. The molecule has 0 radical (unpaired) electrons. The van der Waals surface area contributed by atoms with E-state index in [9.17, 15) is 4.79 Å². The Kier molecular flexibility index (Phi) is 9.01. The van der Waals surface area contributed by atoms with Crippen molar-refractivity contribution in [3.63, 3.8) is 0 Å². The molecule has 0 aliphatic carbocycles. The molecule has 0 aromatic heterocycles. The van der Waals surface area contributed by atoms with E-state index in [2.05, 4.69) is 25.2 Å². The van der Waals surface area contributed by atoms with Crippen molar-refractivity contribution < 1.29 is 9.53 Å². The van der Waals surface area contributed by atoms with Crippen LogP contribution >= 0.6 is 12.4 Å². The smallest absolute Gasteiger partial charge is 0.224 e. The van der Waals surface area contributed by atoms with Gasteiger partial charge in [0.05, 0.1) is 6.54 Å². The summed E-state index contributed by atoms with van der Waals surface area (Å²) in [6.07, 6.45) is 0. The highest BCUT2D eigenvalue weighted by Crippen LogP contribution is 2.25. The first-order valence-electron chi connectivity index (χ1n) is 6.75. The molecule has 0 aliphatic heterocycles. The van der Waals surface area contributed by atoms with Gasteiger partial charge in [-0.05, 0) is 17.5 Å². The zero-order valence-electron chi connectivity index (χ0n) is 12.4. The van der Waals surface area contributed by atoms with Gasteiger partial charge in [-0.1, -0.05) is 39.0 Å². The summed E-state index contributed by atoms with van der Waals surface area (Å²) in [6, 6.07) is 7.98. The van der Waals surface area contributed by atoms with E-state index in [4.69, 9.17) is 10.5 Å². The Morgan fingerprint density at radius 3 is 2.55 bits per heavy atom. The predicted octanol–water partition coefficient (Wildman–Crippen LogP) is 2.32. The highest BCUT2D eigenvalue weighted by atomic mass is 35.5. The van der Waals surface area contributed by atoms with Crippen molar-refractivity contribution in [1.29, 1.82) is 0 Å².